The first-order valence-corrected chi connectivity index (χ1v) is 14.0. The van der Waals surface area contributed by atoms with Crippen LogP contribution in [0.15, 0.2) is 18.2 Å². The van der Waals surface area contributed by atoms with Crippen molar-refractivity contribution in [3.8, 4) is 0 Å². The van der Waals surface area contributed by atoms with E-state index in [4.69, 9.17) is 9.72 Å². The molecule has 3 heterocycles. The Morgan fingerprint density at radius 3 is 2.43 bits per heavy atom. The molecule has 2 aliphatic heterocycles. The molecule has 1 N–H and O–H groups in total. The number of rotatable bonds is 6. The van der Waals surface area contributed by atoms with E-state index in [1.165, 1.54) is 15.5 Å². The highest BCUT2D eigenvalue weighted by Crippen LogP contribution is 2.32. The van der Waals surface area contributed by atoms with Crippen LogP contribution in [0.3, 0.4) is 0 Å². The van der Waals surface area contributed by atoms with Crippen molar-refractivity contribution >= 4 is 32.8 Å². The Balaban J connectivity index is 1.58. The van der Waals surface area contributed by atoms with Gasteiger partial charge in [-0.2, -0.15) is 12.7 Å². The van der Waals surface area contributed by atoms with Gasteiger partial charge in [0.15, 0.2) is 0 Å². The predicted octanol–water partition coefficient (Wildman–Crippen LogP) is 3.04. The SMILES string of the molecule is CC(=O)NC1CCN(S(=O)(=O)N(C)c2ccc3c(c2)nc(C(C)(C)C)n3CC2CCOCC2)CC1. The van der Waals surface area contributed by atoms with Crippen LogP contribution in [0.25, 0.3) is 11.0 Å². The van der Waals surface area contributed by atoms with Gasteiger partial charge in [-0.25, -0.2) is 4.98 Å². The molecule has 35 heavy (non-hydrogen) atoms. The molecule has 1 amide bonds. The van der Waals surface area contributed by atoms with E-state index >= 15 is 0 Å². The van der Waals surface area contributed by atoms with Gasteiger partial charge in [-0.1, -0.05) is 20.8 Å². The minimum Gasteiger partial charge on any atom is -0.381 e. The fourth-order valence-electron chi connectivity index (χ4n) is 5.08. The summed E-state index contributed by atoms with van der Waals surface area (Å²) in [5.41, 5.74) is 2.30. The number of aromatic nitrogens is 2. The molecule has 10 heteroatoms. The molecule has 0 atom stereocenters. The van der Waals surface area contributed by atoms with Crippen molar-refractivity contribution < 1.29 is 17.9 Å². The molecule has 0 saturated carbocycles. The number of piperidine rings is 1. The van der Waals surface area contributed by atoms with Crippen molar-refractivity contribution in [1.82, 2.24) is 19.2 Å². The van der Waals surface area contributed by atoms with Crippen LogP contribution in [0.2, 0.25) is 0 Å². The number of imidazole rings is 1. The van der Waals surface area contributed by atoms with Gasteiger partial charge in [-0.15, -0.1) is 0 Å². The number of nitrogens with one attached hydrogen (secondary N) is 1. The fraction of sp³-hybridized carbons (Fsp3) is 0.680. The summed E-state index contributed by atoms with van der Waals surface area (Å²) in [7, 11) is -2.09. The number of fused-ring (bicyclic) bond motifs is 1. The minimum atomic E-state index is -3.68. The van der Waals surface area contributed by atoms with Gasteiger partial charge < -0.3 is 14.6 Å². The molecule has 0 radical (unpaired) electrons. The quantitative estimate of drug-likeness (QED) is 0.651. The van der Waals surface area contributed by atoms with Crippen LogP contribution in [0.1, 0.15) is 59.2 Å². The van der Waals surface area contributed by atoms with Crippen molar-refractivity contribution in [2.45, 2.75) is 71.4 Å². The topological polar surface area (TPSA) is 96.8 Å². The largest absolute Gasteiger partial charge is 0.381 e. The summed E-state index contributed by atoms with van der Waals surface area (Å²) in [5.74, 6) is 1.48. The number of benzene rings is 1. The lowest BCUT2D eigenvalue weighted by molar-refractivity contribution is -0.119. The molecule has 2 fully saturated rings. The van der Waals surface area contributed by atoms with Gasteiger partial charge in [0.1, 0.15) is 5.82 Å². The fourth-order valence-corrected chi connectivity index (χ4v) is 6.48. The predicted molar refractivity (Wildman–Crippen MR) is 138 cm³/mol. The number of hydrogen-bond acceptors (Lipinski definition) is 5. The highest BCUT2D eigenvalue weighted by Gasteiger charge is 2.32. The zero-order valence-electron chi connectivity index (χ0n) is 21.6. The lowest BCUT2D eigenvalue weighted by Crippen LogP contribution is -2.49. The van der Waals surface area contributed by atoms with E-state index in [9.17, 15) is 13.2 Å². The van der Waals surface area contributed by atoms with Crippen molar-refractivity contribution in [2.75, 3.05) is 37.7 Å². The second kappa shape index (κ2) is 10.1. The lowest BCUT2D eigenvalue weighted by atomic mass is 9.94. The zero-order chi connectivity index (χ0) is 25.4. The number of carbonyl (C=O) groups excluding carboxylic acids is 1. The minimum absolute atomic E-state index is 0.0242. The molecule has 9 nitrogen and oxygen atoms in total. The Morgan fingerprint density at radius 1 is 1.17 bits per heavy atom. The van der Waals surface area contributed by atoms with E-state index in [1.807, 2.05) is 18.2 Å². The summed E-state index contributed by atoms with van der Waals surface area (Å²) in [4.78, 5) is 16.3. The number of hydrogen-bond donors (Lipinski definition) is 1. The van der Waals surface area contributed by atoms with Gasteiger partial charge in [0.05, 0.1) is 16.7 Å². The maximum atomic E-state index is 13.4. The Kier molecular flexibility index (Phi) is 7.45. The van der Waals surface area contributed by atoms with Gasteiger partial charge in [0, 0.05) is 58.3 Å². The number of amides is 1. The second-order valence-electron chi connectivity index (χ2n) is 10.9. The normalized spacial score (nSPS) is 19.2. The van der Waals surface area contributed by atoms with Crippen LogP contribution < -0.4 is 9.62 Å². The number of nitrogens with zero attached hydrogens (tertiary/aromatic N) is 4. The first kappa shape index (κ1) is 25.9. The standard InChI is InChI=1S/C25H39N5O4S/c1-18(31)26-20-8-12-29(13-9-20)35(32,33)28(5)21-6-7-23-22(16-21)27-24(25(2,3)4)30(23)17-19-10-14-34-15-11-19/h6-7,16,19-20H,8-15,17H2,1-5H3,(H,26,31). The molecule has 1 aromatic heterocycles. The van der Waals surface area contributed by atoms with Crippen molar-refractivity contribution in [3.63, 3.8) is 0 Å². The van der Waals surface area contributed by atoms with E-state index in [0.29, 0.717) is 37.5 Å². The molecule has 2 saturated heterocycles. The molecule has 194 valence electrons. The molecule has 2 aromatic rings. The molecular formula is C25H39N5O4S. The molecule has 0 unspecified atom stereocenters. The third-order valence-corrected chi connectivity index (χ3v) is 9.00. The third kappa shape index (κ3) is 5.65. The lowest BCUT2D eigenvalue weighted by Gasteiger charge is -2.34. The monoisotopic (exact) mass is 505 g/mol. The van der Waals surface area contributed by atoms with Gasteiger partial charge in [0.25, 0.3) is 0 Å². The van der Waals surface area contributed by atoms with Crippen LogP contribution in [0, 0.1) is 5.92 Å². The zero-order valence-corrected chi connectivity index (χ0v) is 22.4. The summed E-state index contributed by atoms with van der Waals surface area (Å²) in [6, 6.07) is 5.78. The van der Waals surface area contributed by atoms with Crippen molar-refractivity contribution in [2.24, 2.45) is 5.92 Å². The molecule has 4 rings (SSSR count). The van der Waals surface area contributed by atoms with E-state index in [2.05, 4.69) is 30.7 Å². The van der Waals surface area contributed by atoms with E-state index < -0.39 is 10.2 Å². The van der Waals surface area contributed by atoms with E-state index in [-0.39, 0.29) is 17.4 Å². The first-order valence-electron chi connectivity index (χ1n) is 12.6. The molecule has 0 aliphatic carbocycles. The smallest absolute Gasteiger partial charge is 0.303 e. The van der Waals surface area contributed by atoms with E-state index in [1.54, 1.807) is 7.05 Å². The second-order valence-corrected chi connectivity index (χ2v) is 12.8. The van der Waals surface area contributed by atoms with Crippen molar-refractivity contribution in [3.05, 3.63) is 24.0 Å². The first-order chi connectivity index (χ1) is 16.5. The van der Waals surface area contributed by atoms with Gasteiger partial charge in [0.2, 0.25) is 5.91 Å². The molecule has 2 aliphatic rings. The Morgan fingerprint density at radius 2 is 1.83 bits per heavy atom. The number of anilines is 1. The highest BCUT2D eigenvalue weighted by atomic mass is 32.2. The van der Waals surface area contributed by atoms with Crippen LogP contribution >= 0.6 is 0 Å². The van der Waals surface area contributed by atoms with Gasteiger partial charge >= 0.3 is 10.2 Å². The average Bonchev–Trinajstić information content (AvgIpc) is 3.17. The summed E-state index contributed by atoms with van der Waals surface area (Å²) in [6.07, 6.45) is 3.30. The van der Waals surface area contributed by atoms with Crippen LogP contribution in [0.5, 0.6) is 0 Å². The summed E-state index contributed by atoms with van der Waals surface area (Å²) in [5, 5.41) is 2.89. The number of carbonyl (C=O) groups is 1. The van der Waals surface area contributed by atoms with Gasteiger partial charge in [-0.05, 0) is 49.8 Å². The average molecular weight is 506 g/mol. The van der Waals surface area contributed by atoms with Gasteiger partial charge in [-0.3, -0.25) is 9.10 Å². The number of ether oxygens (including phenoxy) is 1. The Hall–Kier alpha value is -2.17. The van der Waals surface area contributed by atoms with Crippen molar-refractivity contribution in [1.29, 1.82) is 0 Å². The Labute approximate surface area is 209 Å². The maximum Gasteiger partial charge on any atom is 0.303 e. The molecule has 0 spiro atoms. The summed E-state index contributed by atoms with van der Waals surface area (Å²) in [6.45, 7) is 11.2. The molecular weight excluding hydrogens is 466 g/mol. The summed E-state index contributed by atoms with van der Waals surface area (Å²) < 4.78 is 37.4. The highest BCUT2D eigenvalue weighted by molar-refractivity contribution is 7.90. The van der Waals surface area contributed by atoms with Crippen LogP contribution in [0.4, 0.5) is 5.69 Å². The van der Waals surface area contributed by atoms with E-state index in [0.717, 1.165) is 49.5 Å². The van der Waals surface area contributed by atoms with Crippen LogP contribution in [-0.4, -0.2) is 67.6 Å². The Bertz CT molecular complexity index is 1160. The molecule has 0 bridgehead atoms. The maximum absolute atomic E-state index is 13.4. The van der Waals surface area contributed by atoms with Crippen LogP contribution in [-0.2, 0) is 31.7 Å². The third-order valence-electron chi connectivity index (χ3n) is 7.08. The summed E-state index contributed by atoms with van der Waals surface area (Å²) >= 11 is 0. The molecule has 1 aromatic carbocycles.